The first-order valence-electron chi connectivity index (χ1n) is 7.02. The minimum Gasteiger partial charge on any atom is -0.494 e. The van der Waals surface area contributed by atoms with Gasteiger partial charge in [-0.05, 0) is 77.5 Å². The number of sulfonamides is 1. The largest absolute Gasteiger partial charge is 0.494 e. The molecule has 2 aromatic carbocycles. The Bertz CT molecular complexity index is 697. The average molecular weight is 431 g/mol. The molecule has 118 valence electrons. The topological polar surface area (TPSA) is 55.4 Å². The van der Waals surface area contributed by atoms with Gasteiger partial charge in [0.25, 0.3) is 10.0 Å². The first-order valence-corrected chi connectivity index (χ1v) is 9.59. The Balaban J connectivity index is 2.07. The summed E-state index contributed by atoms with van der Waals surface area (Å²) in [5, 5.41) is 0. The SMILES string of the molecule is CCCCOc1ccc(S(=O)(=O)Nc2ccc(I)cc2)cc1. The van der Waals surface area contributed by atoms with Crippen LogP contribution in [0.25, 0.3) is 0 Å². The van der Waals surface area contributed by atoms with Gasteiger partial charge in [0.05, 0.1) is 11.5 Å². The molecule has 2 rings (SSSR count). The van der Waals surface area contributed by atoms with Crippen LogP contribution in [-0.4, -0.2) is 15.0 Å². The highest BCUT2D eigenvalue weighted by molar-refractivity contribution is 14.1. The fraction of sp³-hybridized carbons (Fsp3) is 0.250. The van der Waals surface area contributed by atoms with E-state index in [0.717, 1.165) is 16.4 Å². The monoisotopic (exact) mass is 431 g/mol. The first kappa shape index (κ1) is 17.1. The zero-order valence-corrected chi connectivity index (χ0v) is 15.2. The Kier molecular flexibility index (Phi) is 6.07. The molecule has 0 aliphatic heterocycles. The van der Waals surface area contributed by atoms with Crippen LogP contribution in [0.5, 0.6) is 5.75 Å². The number of anilines is 1. The fourth-order valence-corrected chi connectivity index (χ4v) is 3.20. The van der Waals surface area contributed by atoms with Gasteiger partial charge in [-0.2, -0.15) is 0 Å². The minimum atomic E-state index is -3.58. The molecule has 0 aliphatic carbocycles. The van der Waals surface area contributed by atoms with Gasteiger partial charge in [0.2, 0.25) is 0 Å². The summed E-state index contributed by atoms with van der Waals surface area (Å²) < 4.78 is 33.7. The number of rotatable bonds is 7. The summed E-state index contributed by atoms with van der Waals surface area (Å²) in [6, 6.07) is 13.6. The molecule has 0 heterocycles. The molecule has 6 heteroatoms. The number of hydrogen-bond acceptors (Lipinski definition) is 3. The van der Waals surface area contributed by atoms with Crippen LogP contribution in [0, 0.1) is 3.57 Å². The highest BCUT2D eigenvalue weighted by Gasteiger charge is 2.14. The van der Waals surface area contributed by atoms with Crippen LogP contribution in [0.4, 0.5) is 5.69 Å². The van der Waals surface area contributed by atoms with Gasteiger partial charge in [-0.25, -0.2) is 8.42 Å². The number of hydrogen-bond donors (Lipinski definition) is 1. The van der Waals surface area contributed by atoms with Crippen molar-refractivity contribution < 1.29 is 13.2 Å². The third-order valence-electron chi connectivity index (χ3n) is 3.00. The molecule has 4 nitrogen and oxygen atoms in total. The maximum Gasteiger partial charge on any atom is 0.261 e. The summed E-state index contributed by atoms with van der Waals surface area (Å²) in [6.45, 7) is 2.73. The van der Waals surface area contributed by atoms with Crippen molar-refractivity contribution in [1.82, 2.24) is 0 Å². The summed E-state index contributed by atoms with van der Waals surface area (Å²) >= 11 is 2.17. The lowest BCUT2D eigenvalue weighted by Gasteiger charge is -2.09. The van der Waals surface area contributed by atoms with Gasteiger partial charge < -0.3 is 4.74 Å². The zero-order valence-electron chi connectivity index (χ0n) is 12.3. The molecule has 0 radical (unpaired) electrons. The molecule has 1 N–H and O–H groups in total. The summed E-state index contributed by atoms with van der Waals surface area (Å²) in [5.41, 5.74) is 0.545. The van der Waals surface area contributed by atoms with Gasteiger partial charge >= 0.3 is 0 Å². The lowest BCUT2D eigenvalue weighted by Crippen LogP contribution is -2.12. The van der Waals surface area contributed by atoms with Crippen LogP contribution in [0.15, 0.2) is 53.4 Å². The van der Waals surface area contributed by atoms with Gasteiger partial charge in [-0.15, -0.1) is 0 Å². The van der Waals surface area contributed by atoms with Gasteiger partial charge in [-0.1, -0.05) is 13.3 Å². The molecule has 0 saturated carbocycles. The summed E-state index contributed by atoms with van der Waals surface area (Å²) in [6.07, 6.45) is 2.04. The molecule has 0 spiro atoms. The molecule has 0 fully saturated rings. The highest BCUT2D eigenvalue weighted by atomic mass is 127. The molecule has 22 heavy (non-hydrogen) atoms. The summed E-state index contributed by atoms with van der Waals surface area (Å²) in [4.78, 5) is 0.217. The van der Waals surface area contributed by atoms with E-state index < -0.39 is 10.0 Å². The second-order valence-electron chi connectivity index (χ2n) is 4.79. The van der Waals surface area contributed by atoms with Crippen molar-refractivity contribution in [3.63, 3.8) is 0 Å². The predicted molar refractivity (Wildman–Crippen MR) is 96.8 cm³/mol. The van der Waals surface area contributed by atoms with Crippen LogP contribution < -0.4 is 9.46 Å². The smallest absolute Gasteiger partial charge is 0.261 e. The third-order valence-corrected chi connectivity index (χ3v) is 5.11. The van der Waals surface area contributed by atoms with E-state index in [0.29, 0.717) is 18.0 Å². The van der Waals surface area contributed by atoms with Gasteiger partial charge in [0.1, 0.15) is 5.75 Å². The van der Waals surface area contributed by atoms with Crippen LogP contribution in [0.2, 0.25) is 0 Å². The van der Waals surface area contributed by atoms with Gasteiger partial charge in [0.15, 0.2) is 0 Å². The maximum atomic E-state index is 12.3. The molecule has 2 aromatic rings. The fourth-order valence-electron chi connectivity index (χ4n) is 1.78. The van der Waals surface area contributed by atoms with Crippen molar-refractivity contribution >= 4 is 38.3 Å². The number of benzene rings is 2. The Labute approximate surface area is 145 Å². The van der Waals surface area contributed by atoms with E-state index in [1.165, 1.54) is 0 Å². The van der Waals surface area contributed by atoms with Gasteiger partial charge in [-0.3, -0.25) is 4.72 Å². The number of halogens is 1. The molecular formula is C16H18INO3S. The standard InChI is InChI=1S/C16H18INO3S/c1-2-3-12-21-15-8-10-16(11-9-15)22(19,20)18-14-6-4-13(17)5-7-14/h4-11,18H,2-3,12H2,1H3. The van der Waals surface area contributed by atoms with E-state index in [2.05, 4.69) is 34.2 Å². The third kappa shape index (κ3) is 4.88. The van der Waals surface area contributed by atoms with Crippen LogP contribution in [0.3, 0.4) is 0 Å². The molecule has 0 amide bonds. The average Bonchev–Trinajstić information content (AvgIpc) is 2.50. The summed E-state index contributed by atoms with van der Waals surface area (Å²) in [7, 11) is -3.58. The normalized spacial score (nSPS) is 11.2. The van der Waals surface area contributed by atoms with E-state index >= 15 is 0 Å². The van der Waals surface area contributed by atoms with Crippen molar-refractivity contribution in [2.45, 2.75) is 24.7 Å². The van der Waals surface area contributed by atoms with E-state index in [4.69, 9.17) is 4.74 Å². The summed E-state index contributed by atoms with van der Waals surface area (Å²) in [5.74, 6) is 0.682. The lowest BCUT2D eigenvalue weighted by molar-refractivity contribution is 0.309. The molecule has 0 aliphatic rings. The Morgan fingerprint density at radius 3 is 2.27 bits per heavy atom. The van der Waals surface area contributed by atoms with Crippen molar-refractivity contribution in [2.24, 2.45) is 0 Å². The van der Waals surface area contributed by atoms with E-state index in [1.807, 2.05) is 12.1 Å². The van der Waals surface area contributed by atoms with E-state index in [1.54, 1.807) is 36.4 Å². The molecule has 0 saturated heterocycles. The minimum absolute atomic E-state index is 0.217. The number of unbranched alkanes of at least 4 members (excludes halogenated alkanes) is 1. The van der Waals surface area contributed by atoms with Crippen LogP contribution >= 0.6 is 22.6 Å². The molecule has 0 unspecified atom stereocenters. The molecule has 0 atom stereocenters. The second-order valence-corrected chi connectivity index (χ2v) is 7.71. The van der Waals surface area contributed by atoms with Crippen LogP contribution in [0.1, 0.15) is 19.8 Å². The highest BCUT2D eigenvalue weighted by Crippen LogP contribution is 2.20. The Morgan fingerprint density at radius 2 is 1.68 bits per heavy atom. The Morgan fingerprint density at radius 1 is 1.05 bits per heavy atom. The predicted octanol–water partition coefficient (Wildman–Crippen LogP) is 4.27. The number of nitrogens with one attached hydrogen (secondary N) is 1. The molecular weight excluding hydrogens is 413 g/mol. The molecule has 0 aromatic heterocycles. The van der Waals surface area contributed by atoms with Crippen molar-refractivity contribution in [1.29, 1.82) is 0 Å². The Hall–Kier alpha value is -1.28. The second kappa shape index (κ2) is 7.82. The lowest BCUT2D eigenvalue weighted by atomic mass is 10.3. The number of ether oxygens (including phenoxy) is 1. The quantitative estimate of drug-likeness (QED) is 0.526. The van der Waals surface area contributed by atoms with Crippen molar-refractivity contribution in [3.05, 3.63) is 52.1 Å². The molecule has 0 bridgehead atoms. The zero-order chi connectivity index (χ0) is 16.0. The van der Waals surface area contributed by atoms with E-state index in [9.17, 15) is 8.42 Å². The van der Waals surface area contributed by atoms with Crippen LogP contribution in [-0.2, 0) is 10.0 Å². The maximum absolute atomic E-state index is 12.3. The first-order chi connectivity index (χ1) is 10.5. The van der Waals surface area contributed by atoms with Gasteiger partial charge in [0, 0.05) is 9.26 Å². The van der Waals surface area contributed by atoms with E-state index in [-0.39, 0.29) is 4.90 Å². The van der Waals surface area contributed by atoms with Crippen molar-refractivity contribution in [3.8, 4) is 5.75 Å². The van der Waals surface area contributed by atoms with Crippen molar-refractivity contribution in [2.75, 3.05) is 11.3 Å².